The van der Waals surface area contributed by atoms with Crippen LogP contribution < -0.4 is 5.32 Å². The average molecular weight is 430 g/mol. The summed E-state index contributed by atoms with van der Waals surface area (Å²) < 4.78 is 30.1. The number of rotatable bonds is 6. The summed E-state index contributed by atoms with van der Waals surface area (Å²) in [5.41, 5.74) is 2.92. The molecule has 0 aliphatic carbocycles. The van der Waals surface area contributed by atoms with Crippen molar-refractivity contribution in [1.82, 2.24) is 18.7 Å². The summed E-state index contributed by atoms with van der Waals surface area (Å²) in [6.45, 7) is 7.56. The van der Waals surface area contributed by atoms with Gasteiger partial charge < -0.3 is 9.88 Å². The molecule has 0 atom stereocenters. The van der Waals surface area contributed by atoms with Gasteiger partial charge in [-0.1, -0.05) is 0 Å². The van der Waals surface area contributed by atoms with E-state index < -0.39 is 10.0 Å². The van der Waals surface area contributed by atoms with Gasteiger partial charge in [0.15, 0.2) is 0 Å². The molecule has 2 heterocycles. The molecule has 0 bridgehead atoms. The number of carbonyl (C=O) groups excluding carboxylic acids is 1. The van der Waals surface area contributed by atoms with E-state index in [1.165, 1.54) is 22.6 Å². The standard InChI is InChI=1S/C21H27N5O3S/c1-14(2)25(6)30(28,29)18-11-9-17(10-12-18)23-20(27)19-13-22-24(5)21(19)26-15(3)7-8-16(26)4/h7-14H,1-6H3,(H,23,27). The molecule has 0 fully saturated rings. The average Bonchev–Trinajstić information content (AvgIpc) is 3.22. The van der Waals surface area contributed by atoms with Crippen molar-refractivity contribution in [1.29, 1.82) is 0 Å². The van der Waals surface area contributed by atoms with Gasteiger partial charge >= 0.3 is 0 Å². The van der Waals surface area contributed by atoms with Crippen molar-refractivity contribution in [3.8, 4) is 5.82 Å². The van der Waals surface area contributed by atoms with Gasteiger partial charge in [0.2, 0.25) is 10.0 Å². The Morgan fingerprint density at radius 1 is 1.07 bits per heavy atom. The molecule has 2 aromatic heterocycles. The maximum absolute atomic E-state index is 12.9. The summed E-state index contributed by atoms with van der Waals surface area (Å²) >= 11 is 0. The number of hydrogen-bond acceptors (Lipinski definition) is 4. The van der Waals surface area contributed by atoms with Crippen LogP contribution in [0.5, 0.6) is 0 Å². The van der Waals surface area contributed by atoms with E-state index in [-0.39, 0.29) is 16.8 Å². The summed E-state index contributed by atoms with van der Waals surface area (Å²) in [5.74, 6) is 0.353. The number of benzene rings is 1. The van der Waals surface area contributed by atoms with Crippen molar-refractivity contribution in [2.75, 3.05) is 12.4 Å². The number of hydrogen-bond donors (Lipinski definition) is 1. The second kappa shape index (κ2) is 8.08. The molecular formula is C21H27N5O3S. The second-order valence-corrected chi connectivity index (χ2v) is 9.55. The highest BCUT2D eigenvalue weighted by Gasteiger charge is 2.23. The fourth-order valence-corrected chi connectivity index (χ4v) is 4.58. The van der Waals surface area contributed by atoms with Crippen molar-refractivity contribution in [3.63, 3.8) is 0 Å². The molecular weight excluding hydrogens is 402 g/mol. The van der Waals surface area contributed by atoms with E-state index in [1.807, 2.05) is 44.4 Å². The van der Waals surface area contributed by atoms with Crippen LogP contribution in [0.25, 0.3) is 5.82 Å². The first kappa shape index (κ1) is 21.8. The molecule has 9 heteroatoms. The minimum Gasteiger partial charge on any atom is -0.322 e. The molecule has 3 aromatic rings. The van der Waals surface area contributed by atoms with Gasteiger partial charge in [0.05, 0.1) is 11.1 Å². The van der Waals surface area contributed by atoms with Crippen LogP contribution in [0.3, 0.4) is 0 Å². The number of aryl methyl sites for hydroxylation is 3. The zero-order chi connectivity index (χ0) is 22.2. The number of anilines is 1. The second-order valence-electron chi connectivity index (χ2n) is 7.55. The molecule has 0 aliphatic heterocycles. The number of aromatic nitrogens is 3. The van der Waals surface area contributed by atoms with E-state index in [1.54, 1.807) is 30.9 Å². The maximum Gasteiger partial charge on any atom is 0.261 e. The van der Waals surface area contributed by atoms with Gasteiger partial charge in [0.1, 0.15) is 11.4 Å². The molecule has 1 amide bonds. The topological polar surface area (TPSA) is 89.2 Å². The van der Waals surface area contributed by atoms with E-state index in [0.717, 1.165) is 11.4 Å². The molecule has 160 valence electrons. The third-order valence-corrected chi connectivity index (χ3v) is 7.20. The molecule has 30 heavy (non-hydrogen) atoms. The molecule has 0 unspecified atom stereocenters. The third kappa shape index (κ3) is 3.90. The lowest BCUT2D eigenvalue weighted by Crippen LogP contribution is -2.33. The van der Waals surface area contributed by atoms with Crippen LogP contribution in [0.2, 0.25) is 0 Å². The first-order valence-corrected chi connectivity index (χ1v) is 11.0. The number of sulfonamides is 1. The lowest BCUT2D eigenvalue weighted by molar-refractivity contribution is 0.102. The SMILES string of the molecule is Cc1ccc(C)n1-c1c(C(=O)Nc2ccc(S(=O)(=O)N(C)C(C)C)cc2)cnn1C. The van der Waals surface area contributed by atoms with E-state index in [9.17, 15) is 13.2 Å². The normalized spacial score (nSPS) is 12.0. The van der Waals surface area contributed by atoms with Crippen molar-refractivity contribution in [2.45, 2.75) is 38.6 Å². The van der Waals surface area contributed by atoms with Crippen LogP contribution in [0, 0.1) is 13.8 Å². The predicted octanol–water partition coefficient (Wildman–Crippen LogP) is 3.11. The minimum absolute atomic E-state index is 0.154. The quantitative estimate of drug-likeness (QED) is 0.652. The number of nitrogens with one attached hydrogen (secondary N) is 1. The Bertz CT molecular complexity index is 1150. The Balaban J connectivity index is 1.87. The highest BCUT2D eigenvalue weighted by molar-refractivity contribution is 7.89. The fraction of sp³-hybridized carbons (Fsp3) is 0.333. The van der Waals surface area contributed by atoms with Crippen molar-refractivity contribution >= 4 is 21.6 Å². The van der Waals surface area contributed by atoms with Crippen LogP contribution in [-0.2, 0) is 17.1 Å². The summed E-state index contributed by atoms with van der Waals surface area (Å²) in [5, 5.41) is 7.08. The zero-order valence-electron chi connectivity index (χ0n) is 18.0. The summed E-state index contributed by atoms with van der Waals surface area (Å²) in [6.07, 6.45) is 1.53. The van der Waals surface area contributed by atoms with Gasteiger partial charge in [-0.15, -0.1) is 0 Å². The van der Waals surface area contributed by atoms with Crippen LogP contribution in [0.15, 0.2) is 47.5 Å². The Kier molecular flexibility index (Phi) is 5.87. The molecule has 0 aliphatic rings. The van der Waals surface area contributed by atoms with Crippen molar-refractivity contribution < 1.29 is 13.2 Å². The summed E-state index contributed by atoms with van der Waals surface area (Å²) in [6, 6.07) is 9.97. The van der Waals surface area contributed by atoms with E-state index in [0.29, 0.717) is 17.1 Å². The van der Waals surface area contributed by atoms with E-state index in [2.05, 4.69) is 10.4 Å². The molecule has 1 N–H and O–H groups in total. The van der Waals surface area contributed by atoms with Gasteiger partial charge in [-0.25, -0.2) is 8.42 Å². The molecule has 8 nitrogen and oxygen atoms in total. The minimum atomic E-state index is -3.57. The van der Waals surface area contributed by atoms with Crippen molar-refractivity contribution in [2.24, 2.45) is 7.05 Å². The van der Waals surface area contributed by atoms with Crippen LogP contribution in [-0.4, -0.2) is 46.1 Å². The Labute approximate surface area is 177 Å². The maximum atomic E-state index is 12.9. The van der Waals surface area contributed by atoms with Gasteiger partial charge in [-0.05, 0) is 64.1 Å². The molecule has 0 saturated heterocycles. The first-order valence-electron chi connectivity index (χ1n) is 9.60. The molecule has 3 rings (SSSR count). The van der Waals surface area contributed by atoms with Crippen LogP contribution in [0.4, 0.5) is 5.69 Å². The van der Waals surface area contributed by atoms with Gasteiger partial charge in [0, 0.05) is 37.2 Å². The van der Waals surface area contributed by atoms with Crippen LogP contribution >= 0.6 is 0 Å². The Morgan fingerprint density at radius 2 is 1.63 bits per heavy atom. The summed E-state index contributed by atoms with van der Waals surface area (Å²) in [4.78, 5) is 13.1. The van der Waals surface area contributed by atoms with Gasteiger partial charge in [0.25, 0.3) is 5.91 Å². The van der Waals surface area contributed by atoms with Gasteiger partial charge in [-0.3, -0.25) is 9.48 Å². The smallest absolute Gasteiger partial charge is 0.261 e. The zero-order valence-corrected chi connectivity index (χ0v) is 18.9. The number of amides is 1. The van der Waals surface area contributed by atoms with Crippen LogP contribution in [0.1, 0.15) is 35.6 Å². The molecule has 0 saturated carbocycles. The van der Waals surface area contributed by atoms with E-state index in [4.69, 9.17) is 0 Å². The van der Waals surface area contributed by atoms with Gasteiger partial charge in [-0.2, -0.15) is 9.40 Å². The number of carbonyl (C=O) groups is 1. The molecule has 0 radical (unpaired) electrons. The monoisotopic (exact) mass is 429 g/mol. The van der Waals surface area contributed by atoms with Crippen molar-refractivity contribution in [3.05, 3.63) is 59.5 Å². The highest BCUT2D eigenvalue weighted by atomic mass is 32.2. The Hall–Kier alpha value is -2.91. The molecule has 0 spiro atoms. The lowest BCUT2D eigenvalue weighted by atomic mass is 10.2. The highest BCUT2D eigenvalue weighted by Crippen LogP contribution is 2.22. The fourth-order valence-electron chi connectivity index (χ4n) is 3.21. The Morgan fingerprint density at radius 3 is 2.17 bits per heavy atom. The first-order chi connectivity index (χ1) is 14.0. The largest absolute Gasteiger partial charge is 0.322 e. The number of nitrogens with zero attached hydrogens (tertiary/aromatic N) is 4. The summed E-state index contributed by atoms with van der Waals surface area (Å²) in [7, 11) is -0.240. The molecule has 1 aromatic carbocycles. The lowest BCUT2D eigenvalue weighted by Gasteiger charge is -2.21. The predicted molar refractivity (Wildman–Crippen MR) is 116 cm³/mol. The third-order valence-electron chi connectivity index (χ3n) is 5.15. The van der Waals surface area contributed by atoms with E-state index >= 15 is 0 Å².